The lowest BCUT2D eigenvalue weighted by Crippen LogP contribution is -2.09. The molecule has 3 rings (SSSR count). The van der Waals surface area contributed by atoms with Crippen LogP contribution in [0, 0.1) is 6.92 Å². The first-order valence-electron chi connectivity index (χ1n) is 7.90. The molecular formula is C20H19N3OS. The molecule has 0 bridgehead atoms. The molecule has 0 aliphatic rings. The van der Waals surface area contributed by atoms with Gasteiger partial charge in [-0.05, 0) is 49.1 Å². The lowest BCUT2D eigenvalue weighted by atomic mass is 10.2. The van der Waals surface area contributed by atoms with Gasteiger partial charge in [-0.25, -0.2) is 4.68 Å². The van der Waals surface area contributed by atoms with Crippen LogP contribution in [0.5, 0.6) is 0 Å². The van der Waals surface area contributed by atoms with Crippen molar-refractivity contribution in [1.82, 2.24) is 9.78 Å². The van der Waals surface area contributed by atoms with E-state index in [2.05, 4.69) is 10.4 Å². The fraction of sp³-hybridized carbons (Fsp3) is 0.100. The first kappa shape index (κ1) is 17.0. The van der Waals surface area contributed by atoms with E-state index in [4.69, 9.17) is 0 Å². The summed E-state index contributed by atoms with van der Waals surface area (Å²) >= 11 is 1.69. The number of benzene rings is 2. The third-order valence-electron chi connectivity index (χ3n) is 3.70. The molecule has 0 spiro atoms. The van der Waals surface area contributed by atoms with Crippen LogP contribution in [0.15, 0.2) is 71.8 Å². The number of aryl methyl sites for hydroxylation is 1. The molecule has 126 valence electrons. The summed E-state index contributed by atoms with van der Waals surface area (Å²) < 4.78 is 1.76. The lowest BCUT2D eigenvalue weighted by Gasteiger charge is -2.01. The highest BCUT2D eigenvalue weighted by Crippen LogP contribution is 2.17. The molecular weight excluding hydrogens is 330 g/mol. The van der Waals surface area contributed by atoms with Crippen LogP contribution in [-0.2, 0) is 4.79 Å². The molecule has 1 amide bonds. The van der Waals surface area contributed by atoms with Crippen LogP contribution < -0.4 is 5.32 Å². The van der Waals surface area contributed by atoms with E-state index in [0.717, 1.165) is 16.8 Å². The van der Waals surface area contributed by atoms with Gasteiger partial charge < -0.3 is 5.32 Å². The highest BCUT2D eigenvalue weighted by molar-refractivity contribution is 7.98. The van der Waals surface area contributed by atoms with Crippen molar-refractivity contribution in [2.75, 3.05) is 11.6 Å². The van der Waals surface area contributed by atoms with E-state index in [1.165, 1.54) is 11.0 Å². The number of para-hydroxylation sites is 1. The van der Waals surface area contributed by atoms with Crippen LogP contribution in [0.2, 0.25) is 0 Å². The average Bonchev–Trinajstić information content (AvgIpc) is 3.01. The summed E-state index contributed by atoms with van der Waals surface area (Å²) in [6.07, 6.45) is 7.25. The Kier molecular flexibility index (Phi) is 5.36. The Hall–Kier alpha value is -2.79. The van der Waals surface area contributed by atoms with Gasteiger partial charge in [-0.1, -0.05) is 30.3 Å². The number of nitrogens with one attached hydrogen (secondary N) is 1. The van der Waals surface area contributed by atoms with E-state index in [9.17, 15) is 4.79 Å². The monoisotopic (exact) mass is 349 g/mol. The molecule has 1 N–H and O–H groups in total. The van der Waals surface area contributed by atoms with Gasteiger partial charge >= 0.3 is 0 Å². The maximum Gasteiger partial charge on any atom is 0.249 e. The van der Waals surface area contributed by atoms with Gasteiger partial charge in [-0.15, -0.1) is 16.9 Å². The highest BCUT2D eigenvalue weighted by atomic mass is 32.2. The Morgan fingerprint density at radius 2 is 1.84 bits per heavy atom. The minimum absolute atomic E-state index is 0.199. The zero-order chi connectivity index (χ0) is 17.6. The summed E-state index contributed by atoms with van der Waals surface area (Å²) in [6, 6.07) is 17.9. The van der Waals surface area contributed by atoms with Gasteiger partial charge in [-0.3, -0.25) is 4.79 Å². The third-order valence-corrected chi connectivity index (χ3v) is 4.45. The maximum absolute atomic E-state index is 12.2. The number of anilines is 1. The Morgan fingerprint density at radius 3 is 2.52 bits per heavy atom. The predicted molar refractivity (Wildman–Crippen MR) is 104 cm³/mol. The second kappa shape index (κ2) is 7.85. The molecule has 2 aromatic carbocycles. The zero-order valence-electron chi connectivity index (χ0n) is 14.1. The maximum atomic E-state index is 12.2. The topological polar surface area (TPSA) is 46.9 Å². The molecule has 0 saturated carbocycles. The van der Waals surface area contributed by atoms with E-state index in [-0.39, 0.29) is 5.91 Å². The molecule has 3 aromatic rings. The van der Waals surface area contributed by atoms with Crippen LogP contribution in [0.3, 0.4) is 0 Å². The standard InChI is InChI=1S/C20H19N3OS/c1-15-14-23(17-6-4-3-5-7-17)22-20(15)21-19(24)13-10-16-8-11-18(25-2)12-9-16/h3-14H,1-2H3,(H,21,22,24)/b13-10+. The van der Waals surface area contributed by atoms with E-state index in [1.54, 1.807) is 22.5 Å². The van der Waals surface area contributed by atoms with E-state index >= 15 is 0 Å². The number of rotatable bonds is 5. The molecule has 25 heavy (non-hydrogen) atoms. The molecule has 5 heteroatoms. The summed E-state index contributed by atoms with van der Waals surface area (Å²) in [7, 11) is 0. The van der Waals surface area contributed by atoms with Gasteiger partial charge in [0.15, 0.2) is 5.82 Å². The van der Waals surface area contributed by atoms with Crippen molar-refractivity contribution in [3.05, 3.63) is 78.0 Å². The van der Waals surface area contributed by atoms with Crippen LogP contribution >= 0.6 is 11.8 Å². The van der Waals surface area contributed by atoms with Crippen molar-refractivity contribution in [2.24, 2.45) is 0 Å². The van der Waals surface area contributed by atoms with Crippen molar-refractivity contribution in [2.45, 2.75) is 11.8 Å². The summed E-state index contributed by atoms with van der Waals surface area (Å²) in [5.74, 6) is 0.367. The second-order valence-corrected chi connectivity index (χ2v) is 6.42. The third kappa shape index (κ3) is 4.39. The molecule has 0 aliphatic carbocycles. The van der Waals surface area contributed by atoms with Gasteiger partial charge in [0, 0.05) is 22.7 Å². The molecule has 0 saturated heterocycles. The highest BCUT2D eigenvalue weighted by Gasteiger charge is 2.08. The minimum Gasteiger partial charge on any atom is -0.305 e. The van der Waals surface area contributed by atoms with Gasteiger partial charge in [0.1, 0.15) is 0 Å². The van der Waals surface area contributed by atoms with Crippen LogP contribution in [-0.4, -0.2) is 21.9 Å². The van der Waals surface area contributed by atoms with Gasteiger partial charge in [0.2, 0.25) is 5.91 Å². The number of carbonyl (C=O) groups is 1. The first-order valence-corrected chi connectivity index (χ1v) is 9.13. The van der Waals surface area contributed by atoms with Crippen molar-refractivity contribution >= 4 is 29.6 Å². The molecule has 1 heterocycles. The fourth-order valence-corrected chi connectivity index (χ4v) is 2.75. The number of hydrogen-bond acceptors (Lipinski definition) is 3. The summed E-state index contributed by atoms with van der Waals surface area (Å²) in [6.45, 7) is 1.92. The van der Waals surface area contributed by atoms with Crippen LogP contribution in [0.1, 0.15) is 11.1 Å². The lowest BCUT2D eigenvalue weighted by molar-refractivity contribution is -0.111. The number of hydrogen-bond donors (Lipinski definition) is 1. The smallest absolute Gasteiger partial charge is 0.249 e. The minimum atomic E-state index is -0.199. The number of nitrogens with zero attached hydrogens (tertiary/aromatic N) is 2. The second-order valence-electron chi connectivity index (χ2n) is 5.54. The van der Waals surface area contributed by atoms with Gasteiger partial charge in [-0.2, -0.15) is 0 Å². The average molecular weight is 349 g/mol. The van der Waals surface area contributed by atoms with Gasteiger partial charge in [0.25, 0.3) is 0 Å². The molecule has 0 unspecified atom stereocenters. The Morgan fingerprint density at radius 1 is 1.12 bits per heavy atom. The molecule has 0 radical (unpaired) electrons. The van der Waals surface area contributed by atoms with Crippen LogP contribution in [0.4, 0.5) is 5.82 Å². The SMILES string of the molecule is CSc1ccc(/C=C/C(=O)Nc2nn(-c3ccccc3)cc2C)cc1. The molecule has 4 nitrogen and oxygen atoms in total. The number of aromatic nitrogens is 2. The van der Waals surface area contributed by atoms with Crippen molar-refractivity contribution < 1.29 is 4.79 Å². The number of carbonyl (C=O) groups excluding carboxylic acids is 1. The van der Waals surface area contributed by atoms with E-state index in [0.29, 0.717) is 5.82 Å². The van der Waals surface area contributed by atoms with Gasteiger partial charge in [0.05, 0.1) is 5.69 Å². The molecule has 0 atom stereocenters. The normalized spacial score (nSPS) is 11.0. The van der Waals surface area contributed by atoms with E-state index in [1.807, 2.05) is 74.0 Å². The van der Waals surface area contributed by atoms with Crippen LogP contribution in [0.25, 0.3) is 11.8 Å². The molecule has 0 aliphatic heterocycles. The van der Waals surface area contributed by atoms with E-state index < -0.39 is 0 Å². The van der Waals surface area contributed by atoms with Crippen molar-refractivity contribution in [3.8, 4) is 5.69 Å². The fourth-order valence-electron chi connectivity index (χ4n) is 2.34. The predicted octanol–water partition coefficient (Wildman–Crippen LogP) is 4.55. The number of thioether (sulfide) groups is 1. The zero-order valence-corrected chi connectivity index (χ0v) is 15.0. The largest absolute Gasteiger partial charge is 0.305 e. The van der Waals surface area contributed by atoms with Crippen molar-refractivity contribution in [1.29, 1.82) is 0 Å². The van der Waals surface area contributed by atoms with Crippen molar-refractivity contribution in [3.63, 3.8) is 0 Å². The first-order chi connectivity index (χ1) is 12.2. The Balaban J connectivity index is 1.68. The number of amides is 1. The molecule has 0 fully saturated rings. The molecule has 1 aromatic heterocycles. The quantitative estimate of drug-likeness (QED) is 0.543. The summed E-state index contributed by atoms with van der Waals surface area (Å²) in [4.78, 5) is 13.4. The Bertz CT molecular complexity index is 883. The Labute approximate surface area is 151 Å². The summed E-state index contributed by atoms with van der Waals surface area (Å²) in [5.41, 5.74) is 2.85. The summed E-state index contributed by atoms with van der Waals surface area (Å²) in [5, 5.41) is 7.28.